The Morgan fingerprint density at radius 3 is 1.41 bits per heavy atom. The molecule has 0 aromatic heterocycles. The first kappa shape index (κ1) is 30.3. The highest BCUT2D eigenvalue weighted by molar-refractivity contribution is 5.89. The number of rotatable bonds is 14. The van der Waals surface area contributed by atoms with Crippen LogP contribution >= 0.6 is 0 Å². The monoisotopic (exact) mass is 602 g/mol. The Balaban J connectivity index is 1.40. The van der Waals surface area contributed by atoms with E-state index in [0.717, 1.165) is 47.0 Å². The van der Waals surface area contributed by atoms with Gasteiger partial charge in [0, 0.05) is 47.0 Å². The zero-order valence-corrected chi connectivity index (χ0v) is 26.0. The average Bonchev–Trinajstić information content (AvgIpc) is 3.10. The van der Waals surface area contributed by atoms with Crippen LogP contribution in [0.4, 0.5) is 34.1 Å². The predicted molar refractivity (Wildman–Crippen MR) is 193 cm³/mol. The summed E-state index contributed by atoms with van der Waals surface area (Å²) in [6, 6.07) is 51.7. The molecule has 0 bridgehead atoms. The highest BCUT2D eigenvalue weighted by Gasteiger charge is 2.17. The van der Waals surface area contributed by atoms with E-state index in [9.17, 15) is 0 Å². The lowest BCUT2D eigenvalue weighted by Gasteiger charge is -2.29. The molecule has 0 atom stereocenters. The SMILES string of the molecule is C=COCCc1cccc(N(c2ccccc2)c2ccc(N(c3cccc(CCOC=C)c3)c3ccc4ccccc4c3)cc2)c1. The van der Waals surface area contributed by atoms with Crippen LogP contribution in [0.1, 0.15) is 11.1 Å². The van der Waals surface area contributed by atoms with Crippen LogP contribution in [-0.4, -0.2) is 13.2 Å². The van der Waals surface area contributed by atoms with Crippen LogP contribution in [0.25, 0.3) is 10.8 Å². The number of para-hydroxylation sites is 1. The third-order valence-corrected chi connectivity index (χ3v) is 7.96. The average molecular weight is 603 g/mol. The second-order valence-corrected chi connectivity index (χ2v) is 11.0. The van der Waals surface area contributed by atoms with Gasteiger partial charge in [0.25, 0.3) is 0 Å². The summed E-state index contributed by atoms with van der Waals surface area (Å²) in [5, 5.41) is 2.42. The van der Waals surface area contributed by atoms with Crippen molar-refractivity contribution in [1.29, 1.82) is 0 Å². The van der Waals surface area contributed by atoms with Crippen molar-refractivity contribution >= 4 is 44.9 Å². The summed E-state index contributed by atoms with van der Waals surface area (Å²) in [7, 11) is 0. The molecule has 0 radical (unpaired) electrons. The fourth-order valence-electron chi connectivity index (χ4n) is 5.76. The van der Waals surface area contributed by atoms with Gasteiger partial charge in [0.15, 0.2) is 0 Å². The summed E-state index contributed by atoms with van der Waals surface area (Å²) in [5.41, 5.74) is 8.93. The lowest BCUT2D eigenvalue weighted by molar-refractivity contribution is 0.255. The molecule has 0 saturated carbocycles. The van der Waals surface area contributed by atoms with E-state index in [-0.39, 0.29) is 0 Å². The van der Waals surface area contributed by atoms with Crippen LogP contribution in [0.3, 0.4) is 0 Å². The predicted octanol–water partition coefficient (Wildman–Crippen LogP) is 11.2. The highest BCUT2D eigenvalue weighted by atomic mass is 16.5. The smallest absolute Gasteiger partial charge is 0.0913 e. The second-order valence-electron chi connectivity index (χ2n) is 11.0. The fourth-order valence-corrected chi connectivity index (χ4v) is 5.76. The maximum Gasteiger partial charge on any atom is 0.0913 e. The van der Waals surface area contributed by atoms with Crippen LogP contribution < -0.4 is 9.80 Å². The molecule has 46 heavy (non-hydrogen) atoms. The minimum absolute atomic E-state index is 0.593. The van der Waals surface area contributed by atoms with Gasteiger partial charge < -0.3 is 19.3 Å². The molecule has 0 aliphatic heterocycles. The molecule has 4 nitrogen and oxygen atoms in total. The van der Waals surface area contributed by atoms with Crippen molar-refractivity contribution in [1.82, 2.24) is 0 Å². The normalized spacial score (nSPS) is 10.7. The molecule has 0 aliphatic carbocycles. The van der Waals surface area contributed by atoms with Crippen molar-refractivity contribution < 1.29 is 9.47 Å². The molecule has 0 heterocycles. The number of hydrogen-bond donors (Lipinski definition) is 0. The van der Waals surface area contributed by atoms with E-state index in [1.807, 2.05) is 6.07 Å². The van der Waals surface area contributed by atoms with Gasteiger partial charge in [-0.1, -0.05) is 86.0 Å². The maximum absolute atomic E-state index is 5.43. The Hall–Kier alpha value is -5.74. The molecule has 0 aliphatic rings. The summed E-state index contributed by atoms with van der Waals surface area (Å²) in [6.45, 7) is 8.53. The second kappa shape index (κ2) is 14.8. The van der Waals surface area contributed by atoms with E-state index >= 15 is 0 Å². The van der Waals surface area contributed by atoms with Crippen LogP contribution in [0, 0.1) is 0 Å². The molecule has 0 fully saturated rings. The van der Waals surface area contributed by atoms with Crippen molar-refractivity contribution in [3.05, 3.63) is 182 Å². The van der Waals surface area contributed by atoms with E-state index in [2.05, 4.69) is 162 Å². The summed E-state index contributed by atoms with van der Waals surface area (Å²) < 4.78 is 10.8. The first-order valence-corrected chi connectivity index (χ1v) is 15.6. The summed E-state index contributed by atoms with van der Waals surface area (Å²) in [6.07, 6.45) is 4.60. The summed E-state index contributed by atoms with van der Waals surface area (Å²) >= 11 is 0. The van der Waals surface area contributed by atoms with E-state index < -0.39 is 0 Å². The first-order chi connectivity index (χ1) is 22.7. The van der Waals surface area contributed by atoms with Crippen LogP contribution in [0.2, 0.25) is 0 Å². The van der Waals surface area contributed by atoms with Gasteiger partial charge >= 0.3 is 0 Å². The maximum atomic E-state index is 5.43. The summed E-state index contributed by atoms with van der Waals surface area (Å²) in [4.78, 5) is 4.61. The Morgan fingerprint density at radius 2 is 0.848 bits per heavy atom. The number of anilines is 6. The van der Waals surface area contributed by atoms with Crippen LogP contribution in [0.5, 0.6) is 0 Å². The molecular formula is C42H38N2O2. The fraction of sp³-hybridized carbons (Fsp3) is 0.0952. The number of fused-ring (bicyclic) bond motifs is 1. The zero-order chi connectivity index (χ0) is 31.6. The van der Waals surface area contributed by atoms with Gasteiger partial charge in [-0.05, 0) is 94.7 Å². The van der Waals surface area contributed by atoms with Crippen molar-refractivity contribution in [2.75, 3.05) is 23.0 Å². The molecule has 0 unspecified atom stereocenters. The van der Waals surface area contributed by atoms with Gasteiger partial charge in [-0.2, -0.15) is 0 Å². The number of nitrogens with zero attached hydrogens (tertiary/aromatic N) is 2. The van der Waals surface area contributed by atoms with E-state index in [0.29, 0.717) is 13.2 Å². The van der Waals surface area contributed by atoms with E-state index in [1.165, 1.54) is 34.4 Å². The quantitative estimate of drug-likeness (QED) is 0.0915. The van der Waals surface area contributed by atoms with Gasteiger partial charge in [-0.25, -0.2) is 0 Å². The molecule has 0 N–H and O–H groups in total. The van der Waals surface area contributed by atoms with Crippen LogP contribution in [0.15, 0.2) is 171 Å². The van der Waals surface area contributed by atoms with Crippen LogP contribution in [-0.2, 0) is 22.3 Å². The van der Waals surface area contributed by atoms with Crippen molar-refractivity contribution in [3.8, 4) is 0 Å². The standard InChI is InChI=1S/C42H38N2O2/c1-3-45-28-26-33-12-10-18-40(30-33)43(37-16-6-5-7-17-37)38-22-24-39(25-23-38)44(41-19-11-13-34(31-41)27-29-46-4-2)42-21-20-35-14-8-9-15-36(35)32-42/h3-25,30-32H,1-2,26-29H2. The van der Waals surface area contributed by atoms with Gasteiger partial charge in [0.05, 0.1) is 25.7 Å². The molecule has 4 heteroatoms. The van der Waals surface area contributed by atoms with Gasteiger partial charge in [-0.15, -0.1) is 0 Å². The number of ether oxygens (including phenoxy) is 2. The molecule has 0 saturated heterocycles. The molecule has 6 rings (SSSR count). The summed E-state index contributed by atoms with van der Waals surface area (Å²) in [5.74, 6) is 0. The number of benzene rings is 6. The minimum Gasteiger partial charge on any atom is -0.501 e. The third kappa shape index (κ3) is 7.14. The Labute approximate surface area is 272 Å². The molecule has 0 amide bonds. The Kier molecular flexibility index (Phi) is 9.76. The van der Waals surface area contributed by atoms with Gasteiger partial charge in [0.2, 0.25) is 0 Å². The highest BCUT2D eigenvalue weighted by Crippen LogP contribution is 2.40. The largest absolute Gasteiger partial charge is 0.501 e. The van der Waals surface area contributed by atoms with E-state index in [1.54, 1.807) is 0 Å². The topological polar surface area (TPSA) is 24.9 Å². The van der Waals surface area contributed by atoms with Crippen molar-refractivity contribution in [2.45, 2.75) is 12.8 Å². The van der Waals surface area contributed by atoms with Gasteiger partial charge in [-0.3, -0.25) is 0 Å². The minimum atomic E-state index is 0.593. The molecule has 6 aromatic rings. The first-order valence-electron chi connectivity index (χ1n) is 15.6. The van der Waals surface area contributed by atoms with E-state index in [4.69, 9.17) is 9.47 Å². The lowest BCUT2D eigenvalue weighted by Crippen LogP contribution is -2.12. The molecular weight excluding hydrogens is 564 g/mol. The Morgan fingerprint density at radius 1 is 0.413 bits per heavy atom. The molecule has 228 valence electrons. The number of hydrogen-bond acceptors (Lipinski definition) is 4. The molecule has 0 spiro atoms. The van der Waals surface area contributed by atoms with Crippen molar-refractivity contribution in [2.24, 2.45) is 0 Å². The Bertz CT molecular complexity index is 1900. The third-order valence-electron chi connectivity index (χ3n) is 7.96. The zero-order valence-electron chi connectivity index (χ0n) is 26.0. The lowest BCUT2D eigenvalue weighted by atomic mass is 10.1. The molecule has 6 aromatic carbocycles. The van der Waals surface area contributed by atoms with Gasteiger partial charge in [0.1, 0.15) is 0 Å². The van der Waals surface area contributed by atoms with Crippen molar-refractivity contribution in [3.63, 3.8) is 0 Å².